The Labute approximate surface area is 97.9 Å². The molecule has 0 aliphatic heterocycles. The van der Waals surface area contributed by atoms with Crippen molar-refractivity contribution in [1.29, 1.82) is 0 Å². The first kappa shape index (κ1) is 11.3. The number of nitrogens with one attached hydrogen (secondary N) is 1. The fourth-order valence-electron chi connectivity index (χ4n) is 1.99. The first-order valence-electron chi connectivity index (χ1n) is 5.90. The van der Waals surface area contributed by atoms with Crippen molar-refractivity contribution in [3.8, 4) is 0 Å². The summed E-state index contributed by atoms with van der Waals surface area (Å²) in [6.45, 7) is 11.5. The number of hydrogen-bond acceptors (Lipinski definition) is 0. The van der Waals surface area contributed by atoms with Gasteiger partial charge in [0.05, 0.1) is 0 Å². The van der Waals surface area contributed by atoms with Gasteiger partial charge >= 0.3 is 0 Å². The predicted molar refractivity (Wildman–Crippen MR) is 70.8 cm³/mol. The Kier molecular flexibility index (Phi) is 2.37. The molecule has 1 N–H and O–H groups in total. The van der Waals surface area contributed by atoms with Gasteiger partial charge in [0, 0.05) is 17.1 Å². The van der Waals surface area contributed by atoms with Crippen LogP contribution in [0, 0.1) is 5.41 Å². The molecule has 0 unspecified atom stereocenters. The molecule has 1 nitrogen and oxygen atoms in total. The van der Waals surface area contributed by atoms with Crippen molar-refractivity contribution >= 4 is 10.9 Å². The Bertz CT molecular complexity index is 497. The number of aromatic nitrogens is 1. The van der Waals surface area contributed by atoms with Crippen molar-refractivity contribution in [2.24, 2.45) is 5.41 Å². The minimum atomic E-state index is 0.159. The van der Waals surface area contributed by atoms with E-state index in [1.807, 2.05) is 0 Å². The Balaban J connectivity index is 2.64. The van der Waals surface area contributed by atoms with E-state index in [1.165, 1.54) is 16.5 Å². The maximum atomic E-state index is 3.37. The summed E-state index contributed by atoms with van der Waals surface area (Å²) in [5, 5.41) is 1.35. The Morgan fingerprint density at radius 2 is 1.56 bits per heavy atom. The highest BCUT2D eigenvalue weighted by Crippen LogP contribution is 2.43. The summed E-state index contributed by atoms with van der Waals surface area (Å²) in [7, 11) is 0. The normalized spacial score (nSPS) is 13.3. The number of hydrogen-bond donors (Lipinski definition) is 1. The molecule has 0 amide bonds. The highest BCUT2D eigenvalue weighted by Gasteiger charge is 2.35. The quantitative estimate of drug-likeness (QED) is 0.721. The maximum Gasteiger partial charge on any atom is 0.0457 e. The first-order valence-corrected chi connectivity index (χ1v) is 5.90. The summed E-state index contributed by atoms with van der Waals surface area (Å²) in [5.74, 6) is 0. The van der Waals surface area contributed by atoms with Crippen molar-refractivity contribution in [3.05, 3.63) is 36.0 Å². The van der Waals surface area contributed by atoms with Crippen LogP contribution in [0.25, 0.3) is 10.9 Å². The molecule has 1 heterocycles. The van der Waals surface area contributed by atoms with Gasteiger partial charge in [-0.25, -0.2) is 0 Å². The summed E-state index contributed by atoms with van der Waals surface area (Å²) in [6, 6.07) is 8.53. The molecule has 1 heteroatoms. The molecular formula is C15H21N. The van der Waals surface area contributed by atoms with Gasteiger partial charge in [0.25, 0.3) is 0 Å². The smallest absolute Gasteiger partial charge is 0.0457 e. The minimum Gasteiger partial charge on any atom is -0.361 e. The van der Waals surface area contributed by atoms with Crippen LogP contribution in [0.3, 0.4) is 0 Å². The monoisotopic (exact) mass is 215 g/mol. The van der Waals surface area contributed by atoms with Crippen LogP contribution >= 0.6 is 0 Å². The van der Waals surface area contributed by atoms with E-state index >= 15 is 0 Å². The van der Waals surface area contributed by atoms with E-state index in [2.05, 4.69) is 70.1 Å². The summed E-state index contributed by atoms with van der Waals surface area (Å²) in [5.41, 5.74) is 3.05. The van der Waals surface area contributed by atoms with Crippen molar-refractivity contribution in [2.45, 2.75) is 40.0 Å². The summed E-state index contributed by atoms with van der Waals surface area (Å²) >= 11 is 0. The third-order valence-electron chi connectivity index (χ3n) is 4.14. The van der Waals surface area contributed by atoms with Crippen LogP contribution in [0.4, 0.5) is 0 Å². The molecule has 0 spiro atoms. The third kappa shape index (κ3) is 1.55. The number of benzene rings is 1. The van der Waals surface area contributed by atoms with Gasteiger partial charge in [0.2, 0.25) is 0 Å². The van der Waals surface area contributed by atoms with Gasteiger partial charge < -0.3 is 4.98 Å². The fraction of sp³-hybridized carbons (Fsp3) is 0.467. The maximum absolute atomic E-state index is 3.37. The van der Waals surface area contributed by atoms with Crippen molar-refractivity contribution in [1.82, 2.24) is 4.98 Å². The van der Waals surface area contributed by atoms with Gasteiger partial charge in [-0.3, -0.25) is 0 Å². The standard InChI is InChI=1S/C15H21N/c1-14(2,3)15(4,5)12-10-16-13-9-7-6-8-11(12)13/h6-10,16H,1-5H3. The molecule has 1 aromatic heterocycles. The molecule has 0 bridgehead atoms. The highest BCUT2D eigenvalue weighted by molar-refractivity contribution is 5.84. The van der Waals surface area contributed by atoms with Gasteiger partial charge in [0.1, 0.15) is 0 Å². The Morgan fingerprint density at radius 3 is 2.19 bits per heavy atom. The van der Waals surface area contributed by atoms with E-state index in [0.717, 1.165) is 0 Å². The summed E-state index contributed by atoms with van der Waals surface area (Å²) in [4.78, 5) is 3.37. The molecular weight excluding hydrogens is 194 g/mol. The molecule has 86 valence electrons. The van der Waals surface area contributed by atoms with Crippen LogP contribution in [-0.2, 0) is 5.41 Å². The first-order chi connectivity index (χ1) is 7.34. The highest BCUT2D eigenvalue weighted by atomic mass is 14.7. The molecule has 1 aromatic carbocycles. The van der Waals surface area contributed by atoms with Crippen LogP contribution in [0.15, 0.2) is 30.5 Å². The van der Waals surface area contributed by atoms with Gasteiger partial charge in [0.15, 0.2) is 0 Å². The lowest BCUT2D eigenvalue weighted by molar-refractivity contribution is 0.227. The van der Waals surface area contributed by atoms with Gasteiger partial charge in [-0.05, 0) is 22.5 Å². The number of fused-ring (bicyclic) bond motifs is 1. The average Bonchev–Trinajstić information content (AvgIpc) is 2.59. The molecule has 0 fully saturated rings. The number of H-pyrrole nitrogens is 1. The minimum absolute atomic E-state index is 0.159. The Morgan fingerprint density at radius 1 is 0.938 bits per heavy atom. The van der Waals surface area contributed by atoms with Gasteiger partial charge in [-0.1, -0.05) is 52.8 Å². The van der Waals surface area contributed by atoms with Crippen molar-refractivity contribution in [2.75, 3.05) is 0 Å². The van der Waals surface area contributed by atoms with Crippen LogP contribution < -0.4 is 0 Å². The molecule has 2 aromatic rings. The van der Waals surface area contributed by atoms with E-state index in [9.17, 15) is 0 Å². The van der Waals surface area contributed by atoms with E-state index in [4.69, 9.17) is 0 Å². The SMILES string of the molecule is CC(C)(C)C(C)(C)c1c[nH]c2ccccc12. The zero-order valence-electron chi connectivity index (χ0n) is 10.9. The molecule has 0 aliphatic rings. The molecule has 0 atom stereocenters. The van der Waals surface area contributed by atoms with E-state index in [0.29, 0.717) is 0 Å². The molecule has 0 radical (unpaired) electrons. The largest absolute Gasteiger partial charge is 0.361 e. The molecule has 16 heavy (non-hydrogen) atoms. The lowest BCUT2D eigenvalue weighted by atomic mass is 9.65. The molecule has 0 saturated heterocycles. The van der Waals surface area contributed by atoms with Crippen LogP contribution in [0.1, 0.15) is 40.2 Å². The average molecular weight is 215 g/mol. The van der Waals surface area contributed by atoms with Crippen LogP contribution in [0.2, 0.25) is 0 Å². The van der Waals surface area contributed by atoms with Gasteiger partial charge in [-0.15, -0.1) is 0 Å². The molecule has 0 aliphatic carbocycles. The zero-order valence-corrected chi connectivity index (χ0v) is 10.9. The van der Waals surface area contributed by atoms with Crippen LogP contribution in [-0.4, -0.2) is 4.98 Å². The lowest BCUT2D eigenvalue weighted by Gasteiger charge is -2.39. The van der Waals surface area contributed by atoms with Crippen molar-refractivity contribution in [3.63, 3.8) is 0 Å². The molecule has 0 saturated carbocycles. The van der Waals surface area contributed by atoms with E-state index < -0.39 is 0 Å². The summed E-state index contributed by atoms with van der Waals surface area (Å²) in [6.07, 6.45) is 2.16. The van der Waals surface area contributed by atoms with E-state index in [1.54, 1.807) is 0 Å². The number of rotatable bonds is 1. The van der Waals surface area contributed by atoms with Crippen molar-refractivity contribution < 1.29 is 0 Å². The Hall–Kier alpha value is -1.24. The summed E-state index contributed by atoms with van der Waals surface area (Å²) < 4.78 is 0. The topological polar surface area (TPSA) is 15.8 Å². The predicted octanol–water partition coefficient (Wildman–Crippen LogP) is 4.49. The number of para-hydroxylation sites is 1. The lowest BCUT2D eigenvalue weighted by Crippen LogP contribution is -2.33. The fourth-order valence-corrected chi connectivity index (χ4v) is 1.99. The van der Waals surface area contributed by atoms with Crippen LogP contribution in [0.5, 0.6) is 0 Å². The number of aromatic amines is 1. The zero-order chi connectivity index (χ0) is 12.0. The second-order valence-electron chi connectivity index (χ2n) is 6.12. The second-order valence-corrected chi connectivity index (χ2v) is 6.12. The second kappa shape index (κ2) is 3.38. The van der Waals surface area contributed by atoms with E-state index in [-0.39, 0.29) is 10.8 Å². The molecule has 2 rings (SSSR count). The third-order valence-corrected chi connectivity index (χ3v) is 4.14. The van der Waals surface area contributed by atoms with Gasteiger partial charge in [-0.2, -0.15) is 0 Å².